The first kappa shape index (κ1) is 14.9. The van der Waals surface area contributed by atoms with Gasteiger partial charge in [-0.25, -0.2) is 0 Å². The second-order valence-electron chi connectivity index (χ2n) is 4.64. The first-order valence-electron chi connectivity index (χ1n) is 6.79. The third-order valence-corrected chi connectivity index (χ3v) is 4.22. The number of thioether (sulfide) groups is 1. The van der Waals surface area contributed by atoms with Gasteiger partial charge in [-0.3, -0.25) is 4.99 Å². The van der Waals surface area contributed by atoms with E-state index in [0.29, 0.717) is 10.8 Å². The summed E-state index contributed by atoms with van der Waals surface area (Å²) < 4.78 is 5.79. The number of benzene rings is 2. The molecule has 0 amide bonds. The molecule has 0 atom stereocenters. The molecular formula is C18H14ClNOS. The number of aliphatic imine (C=N–C) groups is 1. The Kier molecular flexibility index (Phi) is 4.66. The van der Waals surface area contributed by atoms with Gasteiger partial charge in [0, 0.05) is 10.5 Å². The van der Waals surface area contributed by atoms with Gasteiger partial charge >= 0.3 is 0 Å². The number of rotatable bonds is 4. The monoisotopic (exact) mass is 327 g/mol. The summed E-state index contributed by atoms with van der Waals surface area (Å²) in [5, 5.41) is 0.674. The minimum Gasteiger partial charge on any atom is -0.455 e. The lowest BCUT2D eigenvalue weighted by Gasteiger charge is -1.99. The second-order valence-corrected chi connectivity index (χ2v) is 5.93. The van der Waals surface area contributed by atoms with Gasteiger partial charge < -0.3 is 4.42 Å². The zero-order chi connectivity index (χ0) is 15.4. The lowest BCUT2D eigenvalue weighted by molar-refractivity contribution is 0.575. The zero-order valence-corrected chi connectivity index (χ0v) is 13.6. The first-order valence-corrected chi connectivity index (χ1v) is 8.39. The molecule has 0 bridgehead atoms. The van der Waals surface area contributed by atoms with Crippen LogP contribution in [0.25, 0.3) is 11.3 Å². The Morgan fingerprint density at radius 2 is 1.91 bits per heavy atom. The molecule has 0 unspecified atom stereocenters. The fourth-order valence-corrected chi connectivity index (χ4v) is 2.74. The van der Waals surface area contributed by atoms with E-state index >= 15 is 0 Å². The van der Waals surface area contributed by atoms with Crippen LogP contribution in [0.5, 0.6) is 0 Å². The molecule has 0 radical (unpaired) electrons. The van der Waals surface area contributed by atoms with Crippen LogP contribution in [-0.2, 0) is 0 Å². The Bertz CT molecular complexity index is 810. The Labute approximate surface area is 138 Å². The van der Waals surface area contributed by atoms with Crippen molar-refractivity contribution in [3.05, 3.63) is 71.4 Å². The van der Waals surface area contributed by atoms with Crippen molar-refractivity contribution in [1.82, 2.24) is 0 Å². The Morgan fingerprint density at radius 1 is 1.05 bits per heavy atom. The van der Waals surface area contributed by atoms with Crippen molar-refractivity contribution in [3.8, 4) is 11.3 Å². The molecule has 4 heteroatoms. The van der Waals surface area contributed by atoms with Crippen molar-refractivity contribution in [3.63, 3.8) is 0 Å². The molecule has 2 aromatic carbocycles. The van der Waals surface area contributed by atoms with Crippen LogP contribution in [0.3, 0.4) is 0 Å². The normalized spacial score (nSPS) is 11.2. The number of hydrogen-bond donors (Lipinski definition) is 0. The van der Waals surface area contributed by atoms with E-state index in [9.17, 15) is 0 Å². The Hall–Kier alpha value is -1.97. The standard InChI is InChI=1S/C18H14ClNOS/c1-22-15-6-4-5-13(11-15)20-12-14-9-10-18(21-14)16-7-2-3-8-17(16)19/h2-12H,1H3. The first-order chi connectivity index (χ1) is 10.8. The summed E-state index contributed by atoms with van der Waals surface area (Å²) in [6, 6.07) is 19.5. The maximum absolute atomic E-state index is 6.18. The minimum absolute atomic E-state index is 0.674. The molecule has 2 nitrogen and oxygen atoms in total. The van der Waals surface area contributed by atoms with Gasteiger partial charge in [0.25, 0.3) is 0 Å². The maximum atomic E-state index is 6.18. The summed E-state index contributed by atoms with van der Waals surface area (Å²) >= 11 is 7.87. The highest BCUT2D eigenvalue weighted by Gasteiger charge is 2.06. The van der Waals surface area contributed by atoms with Crippen molar-refractivity contribution in [2.45, 2.75) is 4.90 Å². The highest BCUT2D eigenvalue weighted by molar-refractivity contribution is 7.98. The van der Waals surface area contributed by atoms with Gasteiger partial charge in [0.05, 0.1) is 16.9 Å². The molecule has 1 heterocycles. The third kappa shape index (κ3) is 3.43. The molecular weight excluding hydrogens is 314 g/mol. The topological polar surface area (TPSA) is 25.5 Å². The average Bonchev–Trinajstić information content (AvgIpc) is 3.02. The Balaban J connectivity index is 1.82. The minimum atomic E-state index is 0.674. The molecule has 22 heavy (non-hydrogen) atoms. The molecule has 1 aromatic heterocycles. The van der Waals surface area contributed by atoms with Crippen LogP contribution < -0.4 is 0 Å². The SMILES string of the molecule is CSc1cccc(N=Cc2ccc(-c3ccccc3Cl)o2)c1. The van der Waals surface area contributed by atoms with E-state index in [0.717, 1.165) is 17.0 Å². The average molecular weight is 328 g/mol. The van der Waals surface area contributed by atoms with Crippen molar-refractivity contribution < 1.29 is 4.42 Å². The molecule has 0 saturated carbocycles. The van der Waals surface area contributed by atoms with Crippen molar-refractivity contribution in [2.75, 3.05) is 6.26 Å². The summed E-state index contributed by atoms with van der Waals surface area (Å²) in [7, 11) is 0. The van der Waals surface area contributed by atoms with Gasteiger partial charge in [0.15, 0.2) is 0 Å². The van der Waals surface area contributed by atoms with Crippen LogP contribution in [-0.4, -0.2) is 12.5 Å². The second kappa shape index (κ2) is 6.86. The van der Waals surface area contributed by atoms with E-state index in [1.54, 1.807) is 18.0 Å². The van der Waals surface area contributed by atoms with Gasteiger partial charge in [0.2, 0.25) is 0 Å². The molecule has 0 aliphatic heterocycles. The predicted molar refractivity (Wildman–Crippen MR) is 94.6 cm³/mol. The van der Waals surface area contributed by atoms with Gasteiger partial charge in [-0.15, -0.1) is 11.8 Å². The summed E-state index contributed by atoms with van der Waals surface area (Å²) in [4.78, 5) is 5.64. The van der Waals surface area contributed by atoms with E-state index in [2.05, 4.69) is 11.1 Å². The van der Waals surface area contributed by atoms with E-state index in [4.69, 9.17) is 16.0 Å². The van der Waals surface area contributed by atoms with Gasteiger partial charge in [-0.1, -0.05) is 29.8 Å². The third-order valence-electron chi connectivity index (χ3n) is 3.16. The smallest absolute Gasteiger partial charge is 0.145 e. The van der Waals surface area contributed by atoms with Crippen molar-refractivity contribution in [1.29, 1.82) is 0 Å². The summed E-state index contributed by atoms with van der Waals surface area (Å²) in [6.07, 6.45) is 3.77. The van der Waals surface area contributed by atoms with Crippen LogP contribution >= 0.6 is 23.4 Å². The lowest BCUT2D eigenvalue weighted by atomic mass is 10.2. The van der Waals surface area contributed by atoms with E-state index in [-0.39, 0.29) is 0 Å². The van der Waals surface area contributed by atoms with Crippen LogP contribution in [0.4, 0.5) is 5.69 Å². The summed E-state index contributed by atoms with van der Waals surface area (Å²) in [6.45, 7) is 0. The molecule has 0 aliphatic rings. The van der Waals surface area contributed by atoms with E-state index in [1.165, 1.54) is 4.90 Å². The predicted octanol–water partition coefficient (Wildman–Crippen LogP) is 6.07. The maximum Gasteiger partial charge on any atom is 0.145 e. The molecule has 3 aromatic rings. The molecule has 0 saturated heterocycles. The van der Waals surface area contributed by atoms with E-state index in [1.807, 2.05) is 60.9 Å². The molecule has 0 aliphatic carbocycles. The quantitative estimate of drug-likeness (QED) is 0.429. The van der Waals surface area contributed by atoms with Crippen LogP contribution in [0.2, 0.25) is 5.02 Å². The van der Waals surface area contributed by atoms with Crippen LogP contribution in [0.1, 0.15) is 5.76 Å². The molecule has 3 rings (SSSR count). The summed E-state index contributed by atoms with van der Waals surface area (Å²) in [5.74, 6) is 1.44. The molecule has 110 valence electrons. The number of halogens is 1. The highest BCUT2D eigenvalue weighted by Crippen LogP contribution is 2.29. The van der Waals surface area contributed by atoms with E-state index < -0.39 is 0 Å². The number of furan rings is 1. The van der Waals surface area contributed by atoms with Crippen molar-refractivity contribution in [2.24, 2.45) is 4.99 Å². The molecule has 0 fully saturated rings. The largest absolute Gasteiger partial charge is 0.455 e. The zero-order valence-electron chi connectivity index (χ0n) is 12.0. The Morgan fingerprint density at radius 3 is 2.73 bits per heavy atom. The molecule has 0 spiro atoms. The fraction of sp³-hybridized carbons (Fsp3) is 0.0556. The van der Waals surface area contributed by atoms with Crippen molar-refractivity contribution >= 4 is 35.3 Å². The van der Waals surface area contributed by atoms with Gasteiger partial charge in [-0.2, -0.15) is 0 Å². The summed E-state index contributed by atoms with van der Waals surface area (Å²) in [5.41, 5.74) is 1.79. The fourth-order valence-electron chi connectivity index (χ4n) is 2.06. The number of hydrogen-bond acceptors (Lipinski definition) is 3. The van der Waals surface area contributed by atoms with Gasteiger partial charge in [0.1, 0.15) is 11.5 Å². The number of nitrogens with zero attached hydrogens (tertiary/aromatic N) is 1. The van der Waals surface area contributed by atoms with Crippen LogP contribution in [0, 0.1) is 0 Å². The lowest BCUT2D eigenvalue weighted by Crippen LogP contribution is -1.77. The van der Waals surface area contributed by atoms with Crippen LogP contribution in [0.15, 0.2) is 75.0 Å². The molecule has 0 N–H and O–H groups in total. The van der Waals surface area contributed by atoms with Gasteiger partial charge in [-0.05, 0) is 48.7 Å². The highest BCUT2D eigenvalue weighted by atomic mass is 35.5.